The number of para-hydroxylation sites is 1. The van der Waals surface area contributed by atoms with E-state index in [1.165, 1.54) is 0 Å². The summed E-state index contributed by atoms with van der Waals surface area (Å²) in [5.41, 5.74) is 2.15. The second-order valence-corrected chi connectivity index (χ2v) is 4.63. The Morgan fingerprint density at radius 1 is 1.29 bits per heavy atom. The number of alkyl halides is 1. The van der Waals surface area contributed by atoms with Gasteiger partial charge in [0.25, 0.3) is 0 Å². The first-order valence-corrected chi connectivity index (χ1v) is 6.34. The molecule has 3 nitrogen and oxygen atoms in total. The van der Waals surface area contributed by atoms with Crippen molar-refractivity contribution < 1.29 is 0 Å². The molecule has 0 N–H and O–H groups in total. The molecule has 90 valence electrons. The largest absolute Gasteiger partial charge is 0.218 e. The number of halogens is 1. The van der Waals surface area contributed by atoms with Crippen LogP contribution in [-0.2, 0) is 6.42 Å². The molecule has 2 aromatic rings. The predicted octanol–water partition coefficient (Wildman–Crippen LogP) is 3.22. The topological polar surface area (TPSA) is 30.7 Å². The van der Waals surface area contributed by atoms with Gasteiger partial charge in [-0.25, -0.2) is 4.68 Å². The first-order chi connectivity index (χ1) is 8.31. The molecule has 0 saturated heterocycles. The van der Waals surface area contributed by atoms with Crippen LogP contribution in [0.2, 0.25) is 0 Å². The van der Waals surface area contributed by atoms with Gasteiger partial charge in [0, 0.05) is 5.38 Å². The van der Waals surface area contributed by atoms with E-state index in [2.05, 4.69) is 17.2 Å². The average molecular weight is 250 g/mol. The highest BCUT2D eigenvalue weighted by Crippen LogP contribution is 2.14. The predicted molar refractivity (Wildman–Crippen MR) is 69.6 cm³/mol. The fourth-order valence-corrected chi connectivity index (χ4v) is 1.83. The summed E-state index contributed by atoms with van der Waals surface area (Å²) in [6.45, 7) is 2.10. The van der Waals surface area contributed by atoms with Crippen LogP contribution in [0, 0.1) is 0 Å². The Morgan fingerprint density at radius 3 is 2.76 bits per heavy atom. The molecule has 0 aliphatic carbocycles. The molecule has 0 amide bonds. The number of hydrogen-bond donors (Lipinski definition) is 0. The lowest BCUT2D eigenvalue weighted by Crippen LogP contribution is -2.05. The minimum absolute atomic E-state index is 0.231. The third-order valence-electron chi connectivity index (χ3n) is 2.78. The van der Waals surface area contributed by atoms with Crippen molar-refractivity contribution in [2.45, 2.75) is 31.6 Å². The van der Waals surface area contributed by atoms with Crippen molar-refractivity contribution in [2.24, 2.45) is 0 Å². The molecular formula is C13H16ClN3. The molecule has 0 radical (unpaired) electrons. The monoisotopic (exact) mass is 249 g/mol. The molecule has 1 unspecified atom stereocenters. The Balaban J connectivity index is 2.12. The van der Waals surface area contributed by atoms with Crippen LogP contribution in [0.25, 0.3) is 5.69 Å². The Hall–Kier alpha value is -1.35. The number of rotatable bonds is 5. The standard InChI is InChI=1S/C13H16ClN3/c1-2-11(14)8-9-13-10-15-16-17(13)12-6-4-3-5-7-12/h3-7,10-11H,2,8-9H2,1H3. The van der Waals surface area contributed by atoms with Crippen LogP contribution in [0.1, 0.15) is 25.5 Å². The third-order valence-corrected chi connectivity index (χ3v) is 3.30. The Labute approximate surface area is 106 Å². The minimum Gasteiger partial charge on any atom is -0.218 e. The van der Waals surface area contributed by atoms with Crippen LogP contribution in [0.3, 0.4) is 0 Å². The summed E-state index contributed by atoms with van der Waals surface area (Å²) < 4.78 is 1.87. The lowest BCUT2D eigenvalue weighted by Gasteiger charge is -2.08. The average Bonchev–Trinajstić information content (AvgIpc) is 2.85. The van der Waals surface area contributed by atoms with Crippen molar-refractivity contribution >= 4 is 11.6 Å². The maximum atomic E-state index is 6.13. The van der Waals surface area contributed by atoms with E-state index < -0.39 is 0 Å². The zero-order chi connectivity index (χ0) is 12.1. The van der Waals surface area contributed by atoms with Crippen LogP contribution in [0.5, 0.6) is 0 Å². The van der Waals surface area contributed by atoms with E-state index in [4.69, 9.17) is 11.6 Å². The number of nitrogens with zero attached hydrogens (tertiary/aromatic N) is 3. The molecule has 0 aliphatic rings. The summed E-state index contributed by atoms with van der Waals surface area (Å²) in [6.07, 6.45) is 4.67. The molecule has 0 bridgehead atoms. The van der Waals surface area contributed by atoms with Gasteiger partial charge in [0.2, 0.25) is 0 Å². The zero-order valence-electron chi connectivity index (χ0n) is 9.88. The quantitative estimate of drug-likeness (QED) is 0.762. The maximum absolute atomic E-state index is 6.13. The van der Waals surface area contributed by atoms with E-state index in [-0.39, 0.29) is 5.38 Å². The fourth-order valence-electron chi connectivity index (χ4n) is 1.72. The molecule has 1 aromatic carbocycles. The molecule has 2 rings (SSSR count). The maximum Gasteiger partial charge on any atom is 0.0729 e. The zero-order valence-corrected chi connectivity index (χ0v) is 10.6. The Morgan fingerprint density at radius 2 is 2.06 bits per heavy atom. The van der Waals surface area contributed by atoms with Crippen LogP contribution < -0.4 is 0 Å². The van der Waals surface area contributed by atoms with Crippen molar-refractivity contribution in [1.82, 2.24) is 15.0 Å². The van der Waals surface area contributed by atoms with Gasteiger partial charge < -0.3 is 0 Å². The Kier molecular flexibility index (Phi) is 4.15. The molecule has 4 heteroatoms. The number of aryl methyl sites for hydroxylation is 1. The van der Waals surface area contributed by atoms with Gasteiger partial charge in [0.15, 0.2) is 0 Å². The second-order valence-electron chi connectivity index (χ2n) is 4.02. The van der Waals surface area contributed by atoms with Gasteiger partial charge in [0.05, 0.1) is 17.6 Å². The highest BCUT2D eigenvalue weighted by atomic mass is 35.5. The first kappa shape index (κ1) is 12.1. The number of aromatic nitrogens is 3. The van der Waals surface area contributed by atoms with Crippen LogP contribution >= 0.6 is 11.6 Å². The normalized spacial score (nSPS) is 12.6. The van der Waals surface area contributed by atoms with E-state index >= 15 is 0 Å². The summed E-state index contributed by atoms with van der Waals surface area (Å²) in [4.78, 5) is 0. The summed E-state index contributed by atoms with van der Waals surface area (Å²) in [5, 5.41) is 8.32. The second kappa shape index (κ2) is 5.82. The summed E-state index contributed by atoms with van der Waals surface area (Å²) in [5.74, 6) is 0. The van der Waals surface area contributed by atoms with Crippen molar-refractivity contribution in [3.63, 3.8) is 0 Å². The SMILES string of the molecule is CCC(Cl)CCc1cnnn1-c1ccccc1. The van der Waals surface area contributed by atoms with Gasteiger partial charge in [0.1, 0.15) is 0 Å². The van der Waals surface area contributed by atoms with Gasteiger partial charge in [-0.1, -0.05) is 30.3 Å². The molecule has 17 heavy (non-hydrogen) atoms. The van der Waals surface area contributed by atoms with Gasteiger partial charge in [-0.15, -0.1) is 16.7 Å². The van der Waals surface area contributed by atoms with Crippen LogP contribution in [0.4, 0.5) is 0 Å². The molecule has 0 spiro atoms. The van der Waals surface area contributed by atoms with E-state index in [0.29, 0.717) is 0 Å². The van der Waals surface area contributed by atoms with Gasteiger partial charge in [-0.05, 0) is 31.4 Å². The highest BCUT2D eigenvalue weighted by molar-refractivity contribution is 6.20. The van der Waals surface area contributed by atoms with E-state index in [9.17, 15) is 0 Å². The molecule has 1 atom stereocenters. The molecule has 1 aromatic heterocycles. The molecule has 0 saturated carbocycles. The van der Waals surface area contributed by atoms with Crippen LogP contribution in [-0.4, -0.2) is 20.4 Å². The lowest BCUT2D eigenvalue weighted by atomic mass is 10.1. The summed E-state index contributed by atoms with van der Waals surface area (Å²) in [6, 6.07) is 10.0. The van der Waals surface area contributed by atoms with E-state index in [0.717, 1.165) is 30.6 Å². The Bertz CT molecular complexity index is 453. The molecule has 0 aliphatic heterocycles. The molecular weight excluding hydrogens is 234 g/mol. The highest BCUT2D eigenvalue weighted by Gasteiger charge is 2.08. The van der Waals surface area contributed by atoms with Crippen molar-refractivity contribution in [3.8, 4) is 5.69 Å². The molecule has 0 fully saturated rings. The summed E-state index contributed by atoms with van der Waals surface area (Å²) >= 11 is 6.13. The fraction of sp³-hybridized carbons (Fsp3) is 0.385. The van der Waals surface area contributed by atoms with Gasteiger partial charge >= 0.3 is 0 Å². The van der Waals surface area contributed by atoms with Crippen molar-refractivity contribution in [2.75, 3.05) is 0 Å². The first-order valence-electron chi connectivity index (χ1n) is 5.90. The van der Waals surface area contributed by atoms with E-state index in [1.54, 1.807) is 0 Å². The minimum atomic E-state index is 0.231. The van der Waals surface area contributed by atoms with Crippen molar-refractivity contribution in [1.29, 1.82) is 0 Å². The number of benzene rings is 1. The van der Waals surface area contributed by atoms with Crippen molar-refractivity contribution in [3.05, 3.63) is 42.2 Å². The van der Waals surface area contributed by atoms with Gasteiger partial charge in [-0.3, -0.25) is 0 Å². The summed E-state index contributed by atoms with van der Waals surface area (Å²) in [7, 11) is 0. The van der Waals surface area contributed by atoms with Crippen LogP contribution in [0.15, 0.2) is 36.5 Å². The van der Waals surface area contributed by atoms with E-state index in [1.807, 2.05) is 41.2 Å². The third kappa shape index (κ3) is 3.07. The van der Waals surface area contributed by atoms with Gasteiger partial charge in [-0.2, -0.15) is 0 Å². The molecule has 1 heterocycles. The number of hydrogen-bond acceptors (Lipinski definition) is 2. The lowest BCUT2D eigenvalue weighted by molar-refractivity contribution is 0.685. The smallest absolute Gasteiger partial charge is 0.0729 e.